The average molecular weight is 239 g/mol. The van der Waals surface area contributed by atoms with E-state index in [0.29, 0.717) is 4.32 Å². The fourth-order valence-electron chi connectivity index (χ4n) is 0.219. The molecule has 0 fully saturated rings. The van der Waals surface area contributed by atoms with E-state index >= 15 is 0 Å². The zero-order valence-electron chi connectivity index (χ0n) is 6.16. The van der Waals surface area contributed by atoms with Gasteiger partial charge in [0.15, 0.2) is 0 Å². The Bertz CT molecular complexity index is 214. The van der Waals surface area contributed by atoms with Gasteiger partial charge in [-0.1, -0.05) is 12.2 Å². The Morgan fingerprint density at radius 1 is 1.73 bits per heavy atom. The molecular weight excluding hydrogens is 233 g/mol. The maximum Gasteiger partial charge on any atom is 1.00 e. The van der Waals surface area contributed by atoms with E-state index in [1.54, 1.807) is 6.26 Å². The SMILES string of the molecule is CSC(=S)NCS(=O)(=O)[O-].[K+]. The molecule has 0 heterocycles. The second-order valence-electron chi connectivity index (χ2n) is 1.37. The van der Waals surface area contributed by atoms with Gasteiger partial charge in [0.25, 0.3) is 0 Å². The quantitative estimate of drug-likeness (QED) is 0.310. The van der Waals surface area contributed by atoms with Gasteiger partial charge < -0.3 is 9.87 Å². The van der Waals surface area contributed by atoms with E-state index in [0.717, 1.165) is 0 Å². The third-order valence-corrected chi connectivity index (χ3v) is 2.24. The van der Waals surface area contributed by atoms with Crippen LogP contribution in [0.15, 0.2) is 0 Å². The van der Waals surface area contributed by atoms with Crippen molar-refractivity contribution in [1.82, 2.24) is 5.32 Å². The van der Waals surface area contributed by atoms with E-state index < -0.39 is 16.0 Å². The summed E-state index contributed by atoms with van der Waals surface area (Å²) in [5.41, 5.74) is 0. The van der Waals surface area contributed by atoms with Crippen molar-refractivity contribution in [3.8, 4) is 0 Å². The number of thiocarbonyl (C=S) groups is 1. The van der Waals surface area contributed by atoms with Crippen LogP contribution in [0.4, 0.5) is 0 Å². The zero-order valence-corrected chi connectivity index (χ0v) is 11.7. The van der Waals surface area contributed by atoms with Crippen molar-refractivity contribution in [1.29, 1.82) is 0 Å². The van der Waals surface area contributed by atoms with Crippen molar-refractivity contribution >= 4 is 38.4 Å². The summed E-state index contributed by atoms with van der Waals surface area (Å²) in [6.07, 6.45) is 1.69. The molecule has 0 amide bonds. The minimum Gasteiger partial charge on any atom is -0.747 e. The smallest absolute Gasteiger partial charge is 0.747 e. The molecule has 0 aromatic heterocycles. The summed E-state index contributed by atoms with van der Waals surface area (Å²) in [6.45, 7) is 0. The molecule has 0 bridgehead atoms. The molecule has 4 nitrogen and oxygen atoms in total. The Morgan fingerprint density at radius 2 is 2.18 bits per heavy atom. The van der Waals surface area contributed by atoms with Crippen molar-refractivity contribution in [3.05, 3.63) is 0 Å². The molecule has 0 aromatic rings. The summed E-state index contributed by atoms with van der Waals surface area (Å²) in [4.78, 5) is 0. The number of nitrogens with one attached hydrogen (secondary N) is 1. The molecule has 0 saturated carbocycles. The number of hydrogen-bond acceptors (Lipinski definition) is 5. The second-order valence-corrected chi connectivity index (χ2v) is 4.26. The standard InChI is InChI=1S/C3H7NO3S3.K/c1-9-3(8)4-2-10(5,6)7;/h2H2,1H3,(H,4,8)(H,5,6,7);/q;+1/p-1. The summed E-state index contributed by atoms with van der Waals surface area (Å²) in [6, 6.07) is 0. The number of rotatable bonds is 2. The van der Waals surface area contributed by atoms with Crippen LogP contribution in [0.25, 0.3) is 0 Å². The van der Waals surface area contributed by atoms with Gasteiger partial charge in [-0.15, -0.1) is 11.8 Å². The monoisotopic (exact) mass is 239 g/mol. The largest absolute Gasteiger partial charge is 1.00 e. The second kappa shape index (κ2) is 7.21. The molecule has 0 unspecified atom stereocenters. The molecule has 0 rings (SSSR count). The van der Waals surface area contributed by atoms with Crippen molar-refractivity contribution in [2.24, 2.45) is 0 Å². The average Bonchev–Trinajstić information content (AvgIpc) is 1.81. The minimum absolute atomic E-state index is 0. The van der Waals surface area contributed by atoms with Crippen LogP contribution in [0.3, 0.4) is 0 Å². The third-order valence-electron chi connectivity index (χ3n) is 0.579. The topological polar surface area (TPSA) is 69.2 Å². The summed E-state index contributed by atoms with van der Waals surface area (Å²) < 4.78 is 30.2. The fourth-order valence-corrected chi connectivity index (χ4v) is 1.01. The molecule has 0 saturated heterocycles. The van der Waals surface area contributed by atoms with E-state index in [-0.39, 0.29) is 51.4 Å². The van der Waals surface area contributed by atoms with Crippen LogP contribution >= 0.6 is 24.0 Å². The first-order chi connectivity index (χ1) is 4.45. The molecule has 0 spiro atoms. The number of thioether (sulfide) groups is 1. The van der Waals surface area contributed by atoms with Gasteiger partial charge in [0, 0.05) is 0 Å². The maximum absolute atomic E-state index is 9.96. The summed E-state index contributed by atoms with van der Waals surface area (Å²) in [5.74, 6) is -0.632. The molecule has 0 aliphatic rings. The van der Waals surface area contributed by atoms with Gasteiger partial charge in [0.1, 0.15) is 20.3 Å². The van der Waals surface area contributed by atoms with Crippen LogP contribution in [-0.2, 0) is 10.1 Å². The molecule has 8 heteroatoms. The Kier molecular flexibility index (Phi) is 10.0. The van der Waals surface area contributed by atoms with Gasteiger partial charge in [0.05, 0.1) is 0 Å². The molecule has 11 heavy (non-hydrogen) atoms. The third kappa shape index (κ3) is 11.8. The van der Waals surface area contributed by atoms with Crippen LogP contribution in [0.5, 0.6) is 0 Å². The van der Waals surface area contributed by atoms with E-state index in [1.807, 2.05) is 0 Å². The minimum atomic E-state index is -4.19. The first-order valence-corrected chi connectivity index (χ1v) is 5.42. The summed E-state index contributed by atoms with van der Waals surface area (Å²) in [5, 5.41) is 2.27. The normalized spacial score (nSPS) is 10.0. The van der Waals surface area contributed by atoms with Crippen molar-refractivity contribution in [2.75, 3.05) is 12.1 Å². The first kappa shape index (κ1) is 15.3. The Labute approximate surface area is 118 Å². The predicted octanol–water partition coefficient (Wildman–Crippen LogP) is -3.27. The van der Waals surface area contributed by atoms with Crippen molar-refractivity contribution in [3.63, 3.8) is 0 Å². The molecule has 60 valence electrons. The van der Waals surface area contributed by atoms with Gasteiger partial charge in [-0.25, -0.2) is 8.42 Å². The van der Waals surface area contributed by atoms with Crippen LogP contribution in [0, 0.1) is 0 Å². The van der Waals surface area contributed by atoms with Crippen molar-refractivity contribution < 1.29 is 64.4 Å². The first-order valence-electron chi connectivity index (χ1n) is 2.21. The van der Waals surface area contributed by atoms with E-state index in [1.165, 1.54) is 11.8 Å². The van der Waals surface area contributed by atoms with Gasteiger partial charge in [-0.2, -0.15) is 0 Å². The van der Waals surface area contributed by atoms with Gasteiger partial charge in [0.2, 0.25) is 0 Å². The summed E-state index contributed by atoms with van der Waals surface area (Å²) >= 11 is 5.75. The molecular formula is C3H6KNO3S3. The number of hydrogen-bond donors (Lipinski definition) is 1. The van der Waals surface area contributed by atoms with Crippen LogP contribution in [0.1, 0.15) is 0 Å². The van der Waals surface area contributed by atoms with Gasteiger partial charge in [-0.05, 0) is 6.26 Å². The van der Waals surface area contributed by atoms with Crippen LogP contribution < -0.4 is 56.7 Å². The van der Waals surface area contributed by atoms with E-state index in [9.17, 15) is 13.0 Å². The Hall–Kier alpha value is 1.79. The van der Waals surface area contributed by atoms with Gasteiger partial charge in [-0.3, -0.25) is 0 Å². The summed E-state index contributed by atoms with van der Waals surface area (Å²) in [7, 11) is -4.19. The molecule has 0 radical (unpaired) electrons. The Balaban J connectivity index is 0. The van der Waals surface area contributed by atoms with Crippen molar-refractivity contribution in [2.45, 2.75) is 0 Å². The molecule has 1 N–H and O–H groups in total. The molecule has 0 aromatic carbocycles. The van der Waals surface area contributed by atoms with E-state index in [2.05, 4.69) is 17.5 Å². The predicted molar refractivity (Wildman–Crippen MR) is 43.8 cm³/mol. The van der Waals surface area contributed by atoms with Crippen LogP contribution in [-0.4, -0.2) is 29.4 Å². The van der Waals surface area contributed by atoms with Crippen LogP contribution in [0.2, 0.25) is 0 Å². The fraction of sp³-hybridized carbons (Fsp3) is 0.667. The van der Waals surface area contributed by atoms with E-state index in [4.69, 9.17) is 0 Å². The van der Waals surface area contributed by atoms with Gasteiger partial charge >= 0.3 is 51.4 Å². The Morgan fingerprint density at radius 3 is 2.45 bits per heavy atom. The maximum atomic E-state index is 9.96. The molecule has 0 atom stereocenters. The zero-order chi connectivity index (χ0) is 8.20. The molecule has 0 aliphatic heterocycles. The molecule has 0 aliphatic carbocycles.